The molecule has 3 heterocycles. The molecule has 0 saturated carbocycles. The highest BCUT2D eigenvalue weighted by Crippen LogP contribution is 2.37. The van der Waals surface area contributed by atoms with Crippen molar-refractivity contribution >= 4 is 17.3 Å². The highest BCUT2D eigenvalue weighted by molar-refractivity contribution is 6.22. The molecule has 2 aromatic rings. The number of anilines is 1. The summed E-state index contributed by atoms with van der Waals surface area (Å²) in [6, 6.07) is 1.91. The topological polar surface area (TPSA) is 46.8 Å². The third-order valence-corrected chi connectivity index (χ3v) is 3.17. The second kappa shape index (κ2) is 3.18. The fraction of sp³-hybridized carbons (Fsp3) is 0.300. The van der Waals surface area contributed by atoms with Gasteiger partial charge in [0.15, 0.2) is 11.3 Å². The van der Waals surface area contributed by atoms with Gasteiger partial charge in [0.1, 0.15) is 5.82 Å². The number of aromatic nitrogens is 4. The van der Waals surface area contributed by atoms with E-state index in [2.05, 4.69) is 15.1 Å². The Balaban J connectivity index is 2.32. The van der Waals surface area contributed by atoms with Crippen LogP contribution in [0.4, 0.5) is 5.69 Å². The zero-order chi connectivity index (χ0) is 11.3. The summed E-state index contributed by atoms with van der Waals surface area (Å²) in [5.74, 6) is 1.47. The Bertz CT molecular complexity index is 550. The van der Waals surface area contributed by atoms with Gasteiger partial charge in [-0.1, -0.05) is 11.6 Å². The molecular formula is C10H10ClN5. The SMILES string of the molecule is Cc1nc2n(n1)-c1ccncc1N(C)C2Cl. The van der Waals surface area contributed by atoms with E-state index in [9.17, 15) is 0 Å². The largest absolute Gasteiger partial charge is 0.349 e. The van der Waals surface area contributed by atoms with Crippen molar-refractivity contribution in [1.82, 2.24) is 19.7 Å². The number of aryl methyl sites for hydroxylation is 1. The number of fused-ring (bicyclic) bond motifs is 3. The smallest absolute Gasteiger partial charge is 0.170 e. The number of alkyl halides is 1. The monoisotopic (exact) mass is 235 g/mol. The van der Waals surface area contributed by atoms with Gasteiger partial charge in [0.2, 0.25) is 0 Å². The van der Waals surface area contributed by atoms with E-state index < -0.39 is 0 Å². The van der Waals surface area contributed by atoms with E-state index in [1.165, 1.54) is 0 Å². The van der Waals surface area contributed by atoms with Crippen molar-refractivity contribution in [2.45, 2.75) is 12.4 Å². The summed E-state index contributed by atoms with van der Waals surface area (Å²) in [4.78, 5) is 10.4. The van der Waals surface area contributed by atoms with Gasteiger partial charge >= 0.3 is 0 Å². The highest BCUT2D eigenvalue weighted by atomic mass is 35.5. The first-order valence-electron chi connectivity index (χ1n) is 4.93. The van der Waals surface area contributed by atoms with Gasteiger partial charge in [0.25, 0.3) is 0 Å². The lowest BCUT2D eigenvalue weighted by Gasteiger charge is -2.30. The summed E-state index contributed by atoms with van der Waals surface area (Å²) in [5.41, 5.74) is 1.61. The van der Waals surface area contributed by atoms with Crippen LogP contribution < -0.4 is 4.90 Å². The van der Waals surface area contributed by atoms with Crippen LogP contribution in [0, 0.1) is 6.92 Å². The second-order valence-corrected chi connectivity index (χ2v) is 4.15. The Morgan fingerprint density at radius 3 is 3.00 bits per heavy atom. The van der Waals surface area contributed by atoms with E-state index in [0.717, 1.165) is 23.0 Å². The number of hydrogen-bond donors (Lipinski definition) is 0. The molecule has 16 heavy (non-hydrogen) atoms. The van der Waals surface area contributed by atoms with Crippen molar-refractivity contribution in [3.63, 3.8) is 0 Å². The van der Waals surface area contributed by atoms with E-state index in [4.69, 9.17) is 11.6 Å². The molecule has 5 nitrogen and oxygen atoms in total. The average Bonchev–Trinajstić information content (AvgIpc) is 2.68. The van der Waals surface area contributed by atoms with Crippen LogP contribution in [0.3, 0.4) is 0 Å². The summed E-state index contributed by atoms with van der Waals surface area (Å²) in [7, 11) is 1.92. The molecule has 0 spiro atoms. The minimum absolute atomic E-state index is 0.307. The van der Waals surface area contributed by atoms with Crippen LogP contribution in [0.2, 0.25) is 0 Å². The lowest BCUT2D eigenvalue weighted by molar-refractivity contribution is 0.703. The van der Waals surface area contributed by atoms with Gasteiger partial charge in [0.05, 0.1) is 17.6 Å². The first-order chi connectivity index (χ1) is 7.68. The number of pyridine rings is 1. The van der Waals surface area contributed by atoms with Crippen LogP contribution in [0.5, 0.6) is 0 Å². The quantitative estimate of drug-likeness (QED) is 0.515. The van der Waals surface area contributed by atoms with Crippen molar-refractivity contribution in [1.29, 1.82) is 0 Å². The summed E-state index contributed by atoms with van der Waals surface area (Å²) >= 11 is 6.31. The molecule has 3 rings (SSSR count). The van der Waals surface area contributed by atoms with Crippen molar-refractivity contribution in [3.05, 3.63) is 30.1 Å². The van der Waals surface area contributed by atoms with E-state index >= 15 is 0 Å². The lowest BCUT2D eigenvalue weighted by Crippen LogP contribution is -2.29. The van der Waals surface area contributed by atoms with Crippen molar-refractivity contribution in [2.75, 3.05) is 11.9 Å². The van der Waals surface area contributed by atoms with Crippen LogP contribution in [0.15, 0.2) is 18.5 Å². The van der Waals surface area contributed by atoms with Gasteiger partial charge in [0, 0.05) is 13.2 Å². The van der Waals surface area contributed by atoms with Crippen LogP contribution in [-0.4, -0.2) is 26.8 Å². The molecule has 0 N–H and O–H groups in total. The molecule has 1 unspecified atom stereocenters. The Morgan fingerprint density at radius 2 is 2.19 bits per heavy atom. The van der Waals surface area contributed by atoms with E-state index in [0.29, 0.717) is 0 Å². The molecule has 0 aliphatic carbocycles. The zero-order valence-electron chi connectivity index (χ0n) is 8.92. The van der Waals surface area contributed by atoms with Crippen molar-refractivity contribution < 1.29 is 0 Å². The highest BCUT2D eigenvalue weighted by Gasteiger charge is 2.29. The fourth-order valence-electron chi connectivity index (χ4n) is 1.89. The molecule has 1 aliphatic heterocycles. The van der Waals surface area contributed by atoms with E-state index in [-0.39, 0.29) is 5.50 Å². The molecule has 1 atom stereocenters. The average molecular weight is 236 g/mol. The van der Waals surface area contributed by atoms with Crippen LogP contribution in [-0.2, 0) is 0 Å². The van der Waals surface area contributed by atoms with Gasteiger partial charge < -0.3 is 4.90 Å². The molecular weight excluding hydrogens is 226 g/mol. The van der Waals surface area contributed by atoms with Crippen LogP contribution in [0.1, 0.15) is 17.1 Å². The summed E-state index contributed by atoms with van der Waals surface area (Å²) < 4.78 is 1.78. The predicted octanol–water partition coefficient (Wildman–Crippen LogP) is 1.66. The Hall–Kier alpha value is -1.62. The van der Waals surface area contributed by atoms with Crippen LogP contribution in [0.25, 0.3) is 5.69 Å². The molecule has 0 radical (unpaired) electrons. The van der Waals surface area contributed by atoms with Crippen molar-refractivity contribution in [3.8, 4) is 5.69 Å². The third-order valence-electron chi connectivity index (χ3n) is 2.68. The normalized spacial score (nSPS) is 18.2. The number of rotatable bonds is 0. The molecule has 1 aliphatic rings. The number of hydrogen-bond acceptors (Lipinski definition) is 4. The Labute approximate surface area is 97.7 Å². The molecule has 0 saturated heterocycles. The van der Waals surface area contributed by atoms with Gasteiger partial charge in [-0.25, -0.2) is 9.67 Å². The van der Waals surface area contributed by atoms with E-state index in [1.807, 2.05) is 24.9 Å². The van der Waals surface area contributed by atoms with Crippen LogP contribution >= 0.6 is 11.6 Å². The Morgan fingerprint density at radius 1 is 1.38 bits per heavy atom. The maximum atomic E-state index is 6.31. The predicted molar refractivity (Wildman–Crippen MR) is 60.9 cm³/mol. The van der Waals surface area contributed by atoms with Gasteiger partial charge in [-0.15, -0.1) is 0 Å². The van der Waals surface area contributed by atoms with Crippen molar-refractivity contribution in [2.24, 2.45) is 0 Å². The summed E-state index contributed by atoms with van der Waals surface area (Å²) in [6.07, 6.45) is 3.52. The second-order valence-electron chi connectivity index (χ2n) is 3.74. The minimum Gasteiger partial charge on any atom is -0.349 e. The maximum absolute atomic E-state index is 6.31. The fourth-order valence-corrected chi connectivity index (χ4v) is 2.13. The molecule has 0 bridgehead atoms. The first-order valence-corrected chi connectivity index (χ1v) is 5.37. The Kier molecular flexibility index (Phi) is 1.91. The molecule has 0 aromatic carbocycles. The van der Waals surface area contributed by atoms with Gasteiger partial charge in [-0.2, -0.15) is 5.10 Å². The first kappa shape index (κ1) is 9.59. The number of nitrogens with zero attached hydrogens (tertiary/aromatic N) is 5. The van der Waals surface area contributed by atoms with E-state index in [1.54, 1.807) is 17.1 Å². The minimum atomic E-state index is -0.307. The van der Waals surface area contributed by atoms with Gasteiger partial charge in [-0.3, -0.25) is 4.98 Å². The van der Waals surface area contributed by atoms with Gasteiger partial charge in [-0.05, 0) is 13.0 Å². The molecule has 82 valence electrons. The molecule has 2 aromatic heterocycles. The summed E-state index contributed by atoms with van der Waals surface area (Å²) in [5, 5.41) is 4.34. The molecule has 0 fully saturated rings. The number of halogens is 1. The third kappa shape index (κ3) is 1.15. The molecule has 0 amide bonds. The summed E-state index contributed by atoms with van der Waals surface area (Å²) in [6.45, 7) is 1.86. The maximum Gasteiger partial charge on any atom is 0.170 e. The standard InChI is InChI=1S/C10H10ClN5/c1-6-13-10-9(11)15(2)8-5-12-4-3-7(8)16(10)14-6/h3-5,9H,1-2H3. The molecule has 6 heteroatoms. The zero-order valence-corrected chi connectivity index (χ0v) is 9.68. The lowest BCUT2D eigenvalue weighted by atomic mass is 10.2.